The summed E-state index contributed by atoms with van der Waals surface area (Å²) in [6.07, 6.45) is 0.890. The molecule has 6 heteroatoms. The third-order valence-corrected chi connectivity index (χ3v) is 4.32. The van der Waals surface area contributed by atoms with Gasteiger partial charge >= 0.3 is 0 Å². The summed E-state index contributed by atoms with van der Waals surface area (Å²) in [4.78, 5) is 19.1. The number of hydrogen-bond donors (Lipinski definition) is 2. The third-order valence-electron chi connectivity index (χ3n) is 3.31. The molecule has 104 valence electrons. The van der Waals surface area contributed by atoms with E-state index in [4.69, 9.17) is 5.73 Å². The number of rotatable bonds is 3. The number of para-hydroxylation sites is 1. The smallest absolute Gasteiger partial charge is 0.272 e. The van der Waals surface area contributed by atoms with Crippen molar-refractivity contribution in [3.8, 4) is 0 Å². The van der Waals surface area contributed by atoms with E-state index in [1.807, 2.05) is 25.1 Å². The second-order valence-corrected chi connectivity index (χ2v) is 5.60. The molecule has 1 aliphatic heterocycles. The van der Waals surface area contributed by atoms with Crippen LogP contribution in [0.3, 0.4) is 0 Å². The maximum Gasteiger partial charge on any atom is 0.272 e. The number of hydrogen-bond acceptors (Lipinski definition) is 5. The van der Waals surface area contributed by atoms with Gasteiger partial charge in [-0.05, 0) is 25.0 Å². The normalized spacial score (nSPS) is 13.3. The van der Waals surface area contributed by atoms with Crippen LogP contribution in [0.2, 0.25) is 0 Å². The highest BCUT2D eigenvalue weighted by atomic mass is 32.1. The van der Waals surface area contributed by atoms with Gasteiger partial charge in [-0.3, -0.25) is 4.79 Å². The number of nitrogens with two attached hydrogens (primary N) is 1. The van der Waals surface area contributed by atoms with Crippen molar-refractivity contribution in [3.63, 3.8) is 0 Å². The van der Waals surface area contributed by atoms with Crippen LogP contribution in [0.15, 0.2) is 24.3 Å². The van der Waals surface area contributed by atoms with Crippen LogP contribution >= 0.6 is 11.3 Å². The van der Waals surface area contributed by atoms with Crippen molar-refractivity contribution in [2.24, 2.45) is 0 Å². The first-order valence-electron chi connectivity index (χ1n) is 6.60. The maximum atomic E-state index is 12.6. The Morgan fingerprint density at radius 1 is 1.50 bits per heavy atom. The van der Waals surface area contributed by atoms with Crippen LogP contribution in [0, 0.1) is 0 Å². The quantitative estimate of drug-likeness (QED) is 0.909. The fourth-order valence-electron chi connectivity index (χ4n) is 2.38. The van der Waals surface area contributed by atoms with Crippen LogP contribution in [0.1, 0.15) is 22.2 Å². The van der Waals surface area contributed by atoms with Crippen LogP contribution in [0.4, 0.5) is 16.6 Å². The highest BCUT2D eigenvalue weighted by molar-refractivity contribution is 7.18. The van der Waals surface area contributed by atoms with Crippen molar-refractivity contribution in [2.45, 2.75) is 13.3 Å². The summed E-state index contributed by atoms with van der Waals surface area (Å²) in [6, 6.07) is 7.98. The highest BCUT2D eigenvalue weighted by Gasteiger charge is 2.28. The monoisotopic (exact) mass is 288 g/mol. The molecule has 0 saturated heterocycles. The minimum Gasteiger partial charge on any atom is -0.382 e. The molecule has 1 aliphatic rings. The van der Waals surface area contributed by atoms with E-state index in [0.717, 1.165) is 18.7 Å². The molecule has 0 saturated carbocycles. The van der Waals surface area contributed by atoms with Gasteiger partial charge in [-0.2, -0.15) is 0 Å². The van der Waals surface area contributed by atoms with E-state index in [0.29, 0.717) is 22.4 Å². The van der Waals surface area contributed by atoms with Crippen LogP contribution < -0.4 is 16.0 Å². The van der Waals surface area contributed by atoms with Crippen LogP contribution in [-0.2, 0) is 6.42 Å². The number of amides is 1. The lowest BCUT2D eigenvalue weighted by molar-refractivity contribution is 0.0994. The zero-order valence-electron chi connectivity index (χ0n) is 11.2. The summed E-state index contributed by atoms with van der Waals surface area (Å²) < 4.78 is 0. The lowest BCUT2D eigenvalue weighted by atomic mass is 10.2. The van der Waals surface area contributed by atoms with Gasteiger partial charge in [0.25, 0.3) is 5.91 Å². The van der Waals surface area contributed by atoms with Crippen molar-refractivity contribution in [1.29, 1.82) is 0 Å². The number of anilines is 3. The number of aromatic nitrogens is 1. The average molecular weight is 288 g/mol. The summed E-state index contributed by atoms with van der Waals surface area (Å²) in [5, 5.41) is 3.79. The minimum absolute atomic E-state index is 0.0610. The van der Waals surface area contributed by atoms with Gasteiger partial charge in [0, 0.05) is 18.8 Å². The van der Waals surface area contributed by atoms with Gasteiger partial charge in [-0.25, -0.2) is 4.98 Å². The van der Waals surface area contributed by atoms with Gasteiger partial charge in [0.1, 0.15) is 10.7 Å². The summed E-state index contributed by atoms with van der Waals surface area (Å²) in [5.41, 5.74) is 8.06. The van der Waals surface area contributed by atoms with E-state index in [2.05, 4.69) is 16.4 Å². The van der Waals surface area contributed by atoms with Crippen LogP contribution in [0.25, 0.3) is 0 Å². The van der Waals surface area contributed by atoms with Crippen molar-refractivity contribution >= 4 is 33.9 Å². The fourth-order valence-corrected chi connectivity index (χ4v) is 3.29. The summed E-state index contributed by atoms with van der Waals surface area (Å²) in [6.45, 7) is 3.44. The topological polar surface area (TPSA) is 71.2 Å². The lowest BCUT2D eigenvalue weighted by Crippen LogP contribution is -2.28. The molecule has 1 amide bonds. The zero-order valence-corrected chi connectivity index (χ0v) is 12.0. The van der Waals surface area contributed by atoms with E-state index in [-0.39, 0.29) is 5.91 Å². The summed E-state index contributed by atoms with van der Waals surface area (Å²) in [5.74, 6) is 0.245. The molecule has 0 radical (unpaired) electrons. The zero-order chi connectivity index (χ0) is 14.1. The van der Waals surface area contributed by atoms with Crippen molar-refractivity contribution in [3.05, 3.63) is 34.7 Å². The molecular weight excluding hydrogens is 272 g/mol. The average Bonchev–Trinajstić information content (AvgIpc) is 3.02. The number of carbonyl (C=O) groups is 1. The predicted octanol–water partition coefficient (Wildman–Crippen LogP) is 2.36. The van der Waals surface area contributed by atoms with Crippen molar-refractivity contribution in [1.82, 2.24) is 4.98 Å². The van der Waals surface area contributed by atoms with E-state index in [1.165, 1.54) is 16.9 Å². The molecule has 0 unspecified atom stereocenters. The lowest BCUT2D eigenvalue weighted by Gasteiger charge is -2.16. The molecular formula is C14H16N4OS. The molecule has 1 aromatic carbocycles. The molecule has 3 rings (SSSR count). The van der Waals surface area contributed by atoms with Gasteiger partial charge in [0.2, 0.25) is 0 Å². The van der Waals surface area contributed by atoms with Gasteiger partial charge < -0.3 is 16.0 Å². The first-order chi connectivity index (χ1) is 9.70. The molecule has 1 aromatic heterocycles. The molecule has 3 N–H and O–H groups in total. The van der Waals surface area contributed by atoms with Crippen LogP contribution in [-0.4, -0.2) is 24.0 Å². The second-order valence-electron chi connectivity index (χ2n) is 4.60. The Bertz CT molecular complexity index is 652. The molecule has 2 aromatic rings. The Kier molecular flexibility index (Phi) is 3.31. The van der Waals surface area contributed by atoms with Gasteiger partial charge in [-0.1, -0.05) is 29.5 Å². The number of fused-ring (bicyclic) bond motifs is 1. The summed E-state index contributed by atoms with van der Waals surface area (Å²) >= 11 is 1.32. The molecule has 0 aliphatic carbocycles. The fraction of sp³-hybridized carbons (Fsp3) is 0.286. The molecule has 0 bridgehead atoms. The largest absolute Gasteiger partial charge is 0.382 e. The third kappa shape index (κ3) is 2.12. The van der Waals surface area contributed by atoms with Crippen LogP contribution in [0.5, 0.6) is 0 Å². The molecule has 0 spiro atoms. The van der Waals surface area contributed by atoms with E-state index >= 15 is 0 Å². The number of thiazole rings is 1. The van der Waals surface area contributed by atoms with Gasteiger partial charge in [0.15, 0.2) is 5.13 Å². The Labute approximate surface area is 121 Å². The number of nitrogens with zero attached hydrogens (tertiary/aromatic N) is 2. The molecule has 0 fully saturated rings. The first kappa shape index (κ1) is 12.9. The number of benzene rings is 1. The first-order valence-corrected chi connectivity index (χ1v) is 7.42. The standard InChI is InChI=1S/C14H16N4OS/c1-2-16-14-17-12(15)11(20-14)13(19)18-8-7-9-5-3-4-6-10(9)18/h3-6H,2,7-8,15H2,1H3,(H,16,17). The predicted molar refractivity (Wildman–Crippen MR) is 82.5 cm³/mol. The SMILES string of the molecule is CCNc1nc(N)c(C(=O)N2CCc3ccccc32)s1. The Morgan fingerprint density at radius 2 is 2.30 bits per heavy atom. The molecule has 20 heavy (non-hydrogen) atoms. The molecule has 2 heterocycles. The molecule has 5 nitrogen and oxygen atoms in total. The number of carbonyl (C=O) groups excluding carboxylic acids is 1. The van der Waals surface area contributed by atoms with Gasteiger partial charge in [-0.15, -0.1) is 0 Å². The summed E-state index contributed by atoms with van der Waals surface area (Å²) in [7, 11) is 0. The second kappa shape index (κ2) is 5.13. The Hall–Kier alpha value is -2.08. The number of nitrogen functional groups attached to an aromatic ring is 1. The minimum atomic E-state index is -0.0610. The maximum absolute atomic E-state index is 12.6. The highest BCUT2D eigenvalue weighted by Crippen LogP contribution is 2.32. The Balaban J connectivity index is 1.90. The van der Waals surface area contributed by atoms with Gasteiger partial charge in [0.05, 0.1) is 0 Å². The number of nitrogens with one attached hydrogen (secondary N) is 1. The Morgan fingerprint density at radius 3 is 3.10 bits per heavy atom. The van der Waals surface area contributed by atoms with E-state index in [9.17, 15) is 4.79 Å². The van der Waals surface area contributed by atoms with E-state index < -0.39 is 0 Å². The van der Waals surface area contributed by atoms with Crippen molar-refractivity contribution in [2.75, 3.05) is 29.0 Å². The van der Waals surface area contributed by atoms with Crippen molar-refractivity contribution < 1.29 is 4.79 Å². The molecule has 0 atom stereocenters. The van der Waals surface area contributed by atoms with E-state index in [1.54, 1.807) is 4.90 Å².